The van der Waals surface area contributed by atoms with E-state index in [0.717, 1.165) is 0 Å². The van der Waals surface area contributed by atoms with Crippen LogP contribution in [-0.4, -0.2) is 4.86 Å². The van der Waals surface area contributed by atoms with E-state index in [0.29, 0.717) is 0 Å². The normalized spacial score (nSPS) is 13.1. The van der Waals surface area contributed by atoms with Gasteiger partial charge in [0.1, 0.15) is 0 Å². The number of aryl methyl sites for hydroxylation is 4. The van der Waals surface area contributed by atoms with Crippen LogP contribution in [0.1, 0.15) is 22.3 Å². The standard InChI is InChI=1S/C33H31S2/c1-24-5-13-28(14-6-24)34(29-15-7-25(2)8-16-29)32-21-22-33(23-32)35(30-17-9-26(3)10-18-30)31-19-11-27(4)12-20-31/h5-23H,1-4H3/q+1. The van der Waals surface area contributed by atoms with E-state index in [2.05, 4.69) is 143 Å². The zero-order chi connectivity index (χ0) is 24.4. The average molecular weight is 492 g/mol. The van der Waals surface area contributed by atoms with Crippen LogP contribution in [0.4, 0.5) is 0 Å². The van der Waals surface area contributed by atoms with E-state index in [4.69, 9.17) is 0 Å². The Kier molecular flexibility index (Phi) is 6.95. The fourth-order valence-electron chi connectivity index (χ4n) is 4.17. The summed E-state index contributed by atoms with van der Waals surface area (Å²) in [6, 6.07) is 36.2. The van der Waals surface area contributed by atoms with Crippen molar-refractivity contribution in [1.29, 1.82) is 0 Å². The van der Waals surface area contributed by atoms with Crippen LogP contribution in [-0.2, 0) is 10.9 Å². The van der Waals surface area contributed by atoms with Gasteiger partial charge < -0.3 is 0 Å². The first-order chi connectivity index (χ1) is 17.0. The Balaban J connectivity index is 1.66. The molecule has 0 N–H and O–H groups in total. The first kappa shape index (κ1) is 23.7. The van der Waals surface area contributed by atoms with E-state index < -0.39 is 0 Å². The first-order valence-corrected chi connectivity index (χ1v) is 14.4. The molecule has 4 aromatic carbocycles. The molecule has 5 rings (SSSR count). The summed E-state index contributed by atoms with van der Waals surface area (Å²) in [4.78, 5) is 8.21. The van der Waals surface area contributed by atoms with Gasteiger partial charge in [-0.05, 0) is 88.4 Å². The van der Waals surface area contributed by atoms with E-state index in [1.807, 2.05) is 0 Å². The van der Waals surface area contributed by atoms with Gasteiger partial charge in [-0.1, -0.05) is 70.8 Å². The van der Waals surface area contributed by atoms with Gasteiger partial charge in [-0.25, -0.2) is 0 Å². The highest BCUT2D eigenvalue weighted by Gasteiger charge is 2.32. The molecule has 2 heteroatoms. The number of hydrogen-bond donors (Lipinski definition) is 0. The predicted octanol–water partition coefficient (Wildman–Crippen LogP) is 8.97. The molecule has 0 aromatic heterocycles. The van der Waals surface area contributed by atoms with Crippen LogP contribution in [0.15, 0.2) is 140 Å². The minimum atomic E-state index is -0.143. The fraction of sp³-hybridized carbons (Fsp3) is 0.121. The topological polar surface area (TPSA) is 0 Å². The Labute approximate surface area is 215 Å². The van der Waals surface area contributed by atoms with E-state index in [9.17, 15) is 0 Å². The minimum Gasteiger partial charge on any atom is -0.116 e. The Hall–Kier alpha value is -3.07. The van der Waals surface area contributed by atoms with Crippen molar-refractivity contribution in [2.75, 3.05) is 0 Å². The Morgan fingerprint density at radius 1 is 0.457 bits per heavy atom. The number of rotatable bonds is 5. The highest BCUT2D eigenvalue weighted by Crippen LogP contribution is 2.41. The molecule has 0 saturated carbocycles. The molecule has 0 radical (unpaired) electrons. The molecule has 0 heterocycles. The average Bonchev–Trinajstić information content (AvgIpc) is 3.33. The summed E-state index contributed by atoms with van der Waals surface area (Å²) >= 11 is 0. The van der Waals surface area contributed by atoms with Crippen molar-refractivity contribution < 1.29 is 0 Å². The molecule has 0 unspecified atom stereocenters. The lowest BCUT2D eigenvalue weighted by atomic mass is 10.2. The van der Waals surface area contributed by atoms with Gasteiger partial charge in [-0.3, -0.25) is 0 Å². The van der Waals surface area contributed by atoms with Crippen LogP contribution in [0.2, 0.25) is 0 Å². The molecule has 0 atom stereocenters. The quantitative estimate of drug-likeness (QED) is 0.193. The lowest BCUT2D eigenvalue weighted by molar-refractivity contribution is 1.32. The monoisotopic (exact) mass is 491 g/mol. The van der Waals surface area contributed by atoms with Crippen LogP contribution in [0.3, 0.4) is 0 Å². The SMILES string of the molecule is Cc1ccc(S(=C2C=CC([S+](c3ccc(C)cc3)c3ccc(C)cc3)=C2)c2ccc(C)cc2)cc1. The largest absolute Gasteiger partial charge is 0.167 e. The van der Waals surface area contributed by atoms with Crippen LogP contribution in [0.5, 0.6) is 0 Å². The van der Waals surface area contributed by atoms with Crippen LogP contribution in [0, 0.1) is 27.7 Å². The molecule has 0 fully saturated rings. The van der Waals surface area contributed by atoms with Gasteiger partial charge in [-0.2, -0.15) is 0 Å². The number of benzene rings is 4. The summed E-state index contributed by atoms with van der Waals surface area (Å²) in [5, 5.41) is 0. The number of hydrogen-bond acceptors (Lipinski definition) is 0. The van der Waals surface area contributed by atoms with Gasteiger partial charge >= 0.3 is 0 Å². The molecule has 0 spiro atoms. The summed E-state index contributed by atoms with van der Waals surface area (Å²) in [7, 11) is -0.285. The van der Waals surface area contributed by atoms with Gasteiger partial charge in [0.25, 0.3) is 0 Å². The van der Waals surface area contributed by atoms with Crippen molar-refractivity contribution >= 4 is 26.2 Å². The molecule has 4 aromatic rings. The Morgan fingerprint density at radius 2 is 0.829 bits per heavy atom. The van der Waals surface area contributed by atoms with Crippen molar-refractivity contribution in [3.05, 3.63) is 142 Å². The second kappa shape index (κ2) is 10.3. The van der Waals surface area contributed by atoms with Gasteiger partial charge in [0.2, 0.25) is 0 Å². The molecule has 0 amide bonds. The van der Waals surface area contributed by atoms with Crippen LogP contribution < -0.4 is 0 Å². The molecule has 35 heavy (non-hydrogen) atoms. The maximum atomic E-state index is 2.45. The smallest absolute Gasteiger partial charge is 0.116 e. The summed E-state index contributed by atoms with van der Waals surface area (Å²) in [5.41, 5.74) is 5.18. The Morgan fingerprint density at radius 3 is 1.23 bits per heavy atom. The molecule has 0 nitrogen and oxygen atoms in total. The third-order valence-corrected chi connectivity index (χ3v) is 10.6. The highest BCUT2D eigenvalue weighted by atomic mass is 32.2. The zero-order valence-electron chi connectivity index (χ0n) is 20.8. The second-order valence-corrected chi connectivity index (χ2v) is 13.2. The molecule has 1 aliphatic rings. The van der Waals surface area contributed by atoms with Crippen molar-refractivity contribution in [1.82, 2.24) is 0 Å². The van der Waals surface area contributed by atoms with Gasteiger partial charge in [-0.15, -0.1) is 10.5 Å². The van der Waals surface area contributed by atoms with E-state index in [1.165, 1.54) is 51.6 Å². The molecule has 1 aliphatic carbocycles. The zero-order valence-corrected chi connectivity index (χ0v) is 22.4. The molecular formula is C33H31S2+. The van der Waals surface area contributed by atoms with E-state index in [-0.39, 0.29) is 21.4 Å². The molecule has 174 valence electrons. The lowest BCUT2D eigenvalue weighted by Crippen LogP contribution is -2.05. The molecule has 0 bridgehead atoms. The van der Waals surface area contributed by atoms with Gasteiger partial charge in [0, 0.05) is 20.7 Å². The fourth-order valence-corrected chi connectivity index (χ4v) is 8.41. The highest BCUT2D eigenvalue weighted by molar-refractivity contribution is 8.16. The summed E-state index contributed by atoms with van der Waals surface area (Å²) < 4.78 is 0. The second-order valence-electron chi connectivity index (χ2n) is 9.15. The predicted molar refractivity (Wildman–Crippen MR) is 155 cm³/mol. The van der Waals surface area contributed by atoms with Crippen molar-refractivity contribution in [3.63, 3.8) is 0 Å². The van der Waals surface area contributed by atoms with Gasteiger partial charge in [0.15, 0.2) is 14.7 Å². The maximum Gasteiger partial charge on any atom is 0.167 e. The molecule has 0 saturated heterocycles. The summed E-state index contributed by atoms with van der Waals surface area (Å²) in [6.45, 7) is 8.62. The van der Waals surface area contributed by atoms with Crippen molar-refractivity contribution in [2.24, 2.45) is 0 Å². The van der Waals surface area contributed by atoms with Crippen molar-refractivity contribution in [3.8, 4) is 0 Å². The summed E-state index contributed by atoms with van der Waals surface area (Å²) in [5.74, 6) is 0. The van der Waals surface area contributed by atoms with Crippen LogP contribution in [0.25, 0.3) is 0 Å². The Bertz CT molecular complexity index is 1320. The van der Waals surface area contributed by atoms with E-state index in [1.54, 1.807) is 0 Å². The van der Waals surface area contributed by atoms with Gasteiger partial charge in [0.05, 0.1) is 10.9 Å². The minimum absolute atomic E-state index is 0.143. The van der Waals surface area contributed by atoms with Crippen molar-refractivity contribution in [2.45, 2.75) is 47.3 Å². The van der Waals surface area contributed by atoms with Crippen LogP contribution >= 0.6 is 10.5 Å². The summed E-state index contributed by atoms with van der Waals surface area (Å²) in [6.07, 6.45) is 7.15. The number of allylic oxidation sites excluding steroid dienone is 3. The molecule has 0 aliphatic heterocycles. The third-order valence-electron chi connectivity index (χ3n) is 6.19. The molecular weight excluding hydrogens is 460 g/mol. The first-order valence-electron chi connectivity index (χ1n) is 12.0. The van der Waals surface area contributed by atoms with E-state index >= 15 is 0 Å². The maximum absolute atomic E-state index is 2.45. The lowest BCUT2D eigenvalue weighted by Gasteiger charge is -2.13. The third kappa shape index (κ3) is 5.29.